The number of rotatable bonds is 5. The van der Waals surface area contributed by atoms with Crippen LogP contribution in [0.4, 0.5) is 3.89 Å². The minimum atomic E-state index is -5.08. The summed E-state index contributed by atoms with van der Waals surface area (Å²) in [5.41, 5.74) is 0.611. The van der Waals surface area contributed by atoms with Crippen molar-refractivity contribution in [2.45, 2.75) is 18.1 Å². The standard InChI is InChI=1S/C12H12FNO5S2/c13-21(17,18)19-9-3-1-2-8(6-9)4-5-14-11(15)7-10(20)12(14)16/h1-3,6,10,20H,4-5,7H2. The number of benzene rings is 1. The molecule has 0 N–H and O–H groups in total. The van der Waals surface area contributed by atoms with E-state index in [2.05, 4.69) is 16.8 Å². The van der Waals surface area contributed by atoms with Crippen molar-refractivity contribution in [1.29, 1.82) is 0 Å². The number of hydrogen-bond acceptors (Lipinski definition) is 6. The summed E-state index contributed by atoms with van der Waals surface area (Å²) in [6.07, 6.45) is 0.382. The molecule has 21 heavy (non-hydrogen) atoms. The number of hydrogen-bond donors (Lipinski definition) is 1. The third-order valence-corrected chi connectivity index (χ3v) is 3.73. The molecule has 1 unspecified atom stereocenters. The first-order valence-electron chi connectivity index (χ1n) is 6.01. The molecule has 0 radical (unpaired) electrons. The quantitative estimate of drug-likeness (QED) is 0.491. The first kappa shape index (κ1) is 15.8. The Kier molecular flexibility index (Phi) is 4.52. The Morgan fingerprint density at radius 2 is 2.10 bits per heavy atom. The fourth-order valence-corrected chi connectivity index (χ4v) is 2.64. The van der Waals surface area contributed by atoms with Crippen LogP contribution in [0.1, 0.15) is 12.0 Å². The number of halogens is 1. The van der Waals surface area contributed by atoms with Crippen LogP contribution in [0.15, 0.2) is 24.3 Å². The van der Waals surface area contributed by atoms with Gasteiger partial charge in [0.05, 0.1) is 5.25 Å². The van der Waals surface area contributed by atoms with E-state index in [0.717, 1.165) is 4.90 Å². The molecule has 1 aliphatic rings. The number of carbonyl (C=O) groups excluding carboxylic acids is 2. The van der Waals surface area contributed by atoms with Gasteiger partial charge in [0.1, 0.15) is 5.75 Å². The van der Waals surface area contributed by atoms with E-state index in [0.29, 0.717) is 12.0 Å². The maximum atomic E-state index is 12.4. The van der Waals surface area contributed by atoms with Crippen molar-refractivity contribution in [3.8, 4) is 5.75 Å². The van der Waals surface area contributed by atoms with Crippen LogP contribution in [0.2, 0.25) is 0 Å². The SMILES string of the molecule is O=C1CC(S)C(=O)N1CCc1cccc(OS(=O)(=O)F)c1. The van der Waals surface area contributed by atoms with E-state index >= 15 is 0 Å². The van der Waals surface area contributed by atoms with Gasteiger partial charge in [0, 0.05) is 13.0 Å². The molecule has 0 aromatic heterocycles. The zero-order valence-corrected chi connectivity index (χ0v) is 12.4. The lowest BCUT2D eigenvalue weighted by Gasteiger charge is -2.14. The van der Waals surface area contributed by atoms with Crippen LogP contribution in [0, 0.1) is 0 Å². The summed E-state index contributed by atoms with van der Waals surface area (Å²) in [5.74, 6) is -0.804. The third-order valence-electron chi connectivity index (χ3n) is 2.94. The Labute approximate surface area is 126 Å². The van der Waals surface area contributed by atoms with E-state index < -0.39 is 15.8 Å². The second kappa shape index (κ2) is 6.02. The molecule has 2 rings (SSSR count). The summed E-state index contributed by atoms with van der Waals surface area (Å²) in [6, 6.07) is 5.77. The summed E-state index contributed by atoms with van der Waals surface area (Å²) >= 11 is 4.01. The number of carbonyl (C=O) groups is 2. The van der Waals surface area contributed by atoms with E-state index in [-0.39, 0.29) is 30.5 Å². The highest BCUT2D eigenvalue weighted by Gasteiger charge is 2.35. The van der Waals surface area contributed by atoms with Gasteiger partial charge in [-0.05, 0) is 24.1 Å². The van der Waals surface area contributed by atoms with Gasteiger partial charge in [-0.2, -0.15) is 21.0 Å². The average molecular weight is 333 g/mol. The summed E-state index contributed by atoms with van der Waals surface area (Å²) in [6.45, 7) is 0.153. The molecule has 0 spiro atoms. The second-order valence-electron chi connectivity index (χ2n) is 4.48. The van der Waals surface area contributed by atoms with Crippen LogP contribution in [-0.2, 0) is 26.5 Å². The molecule has 0 bridgehead atoms. The van der Waals surface area contributed by atoms with Gasteiger partial charge in [-0.25, -0.2) is 0 Å². The zero-order chi connectivity index (χ0) is 15.6. The highest BCUT2D eigenvalue weighted by Crippen LogP contribution is 2.20. The Hall–Kier alpha value is -1.61. The van der Waals surface area contributed by atoms with Gasteiger partial charge in [0.25, 0.3) is 0 Å². The average Bonchev–Trinajstić information content (AvgIpc) is 2.60. The molecule has 1 aromatic rings. The molecular formula is C12H12FNO5S2. The predicted molar refractivity (Wildman–Crippen MR) is 74.9 cm³/mol. The van der Waals surface area contributed by atoms with Crippen molar-refractivity contribution in [3.63, 3.8) is 0 Å². The van der Waals surface area contributed by atoms with Crippen molar-refractivity contribution < 1.29 is 26.1 Å². The van der Waals surface area contributed by atoms with Crippen molar-refractivity contribution >= 4 is 34.9 Å². The minimum Gasteiger partial charge on any atom is -0.358 e. The Bertz CT molecular complexity index is 676. The monoisotopic (exact) mass is 333 g/mol. The smallest absolute Gasteiger partial charge is 0.358 e. The molecular weight excluding hydrogens is 321 g/mol. The summed E-state index contributed by atoms with van der Waals surface area (Å²) < 4.78 is 37.4. The van der Waals surface area contributed by atoms with Crippen molar-refractivity contribution in [3.05, 3.63) is 29.8 Å². The van der Waals surface area contributed by atoms with Crippen molar-refractivity contribution in [2.24, 2.45) is 0 Å². The lowest BCUT2D eigenvalue weighted by molar-refractivity contribution is -0.138. The van der Waals surface area contributed by atoms with Gasteiger partial charge >= 0.3 is 10.5 Å². The molecule has 9 heteroatoms. The minimum absolute atomic E-state index is 0.0746. The van der Waals surface area contributed by atoms with Gasteiger partial charge < -0.3 is 4.18 Å². The zero-order valence-electron chi connectivity index (χ0n) is 10.7. The highest BCUT2D eigenvalue weighted by atomic mass is 32.3. The molecule has 1 fully saturated rings. The van der Waals surface area contributed by atoms with Crippen LogP contribution < -0.4 is 4.18 Å². The third kappa shape index (κ3) is 4.18. The number of nitrogens with zero attached hydrogens (tertiary/aromatic N) is 1. The van der Waals surface area contributed by atoms with Crippen molar-refractivity contribution in [2.75, 3.05) is 6.54 Å². The molecule has 0 aliphatic carbocycles. The summed E-state index contributed by atoms with van der Waals surface area (Å²) in [4.78, 5) is 24.3. The second-order valence-corrected chi connectivity index (χ2v) is 6.05. The van der Waals surface area contributed by atoms with Gasteiger partial charge in [-0.3, -0.25) is 14.5 Å². The first-order chi connectivity index (χ1) is 9.76. The van der Waals surface area contributed by atoms with Crippen LogP contribution in [-0.4, -0.2) is 36.9 Å². The fraction of sp³-hybridized carbons (Fsp3) is 0.333. The molecule has 1 aromatic carbocycles. The largest absolute Gasteiger partial charge is 0.488 e. The number of imide groups is 1. The summed E-state index contributed by atoms with van der Waals surface area (Å²) in [7, 11) is -5.08. The molecule has 1 atom stereocenters. The highest BCUT2D eigenvalue weighted by molar-refractivity contribution is 7.82. The maximum absolute atomic E-state index is 12.4. The van der Waals surface area contributed by atoms with Crippen molar-refractivity contribution in [1.82, 2.24) is 4.90 Å². The van der Waals surface area contributed by atoms with E-state index in [4.69, 9.17) is 0 Å². The summed E-state index contributed by atoms with van der Waals surface area (Å²) in [5, 5.41) is -0.608. The maximum Gasteiger partial charge on any atom is 0.488 e. The lowest BCUT2D eigenvalue weighted by atomic mass is 10.1. The molecule has 1 saturated heterocycles. The van der Waals surface area contributed by atoms with Gasteiger partial charge in [0.2, 0.25) is 11.8 Å². The Morgan fingerprint density at radius 3 is 2.67 bits per heavy atom. The molecule has 1 aliphatic heterocycles. The number of amides is 2. The topological polar surface area (TPSA) is 80.8 Å². The molecule has 114 valence electrons. The van der Waals surface area contributed by atoms with E-state index in [1.807, 2.05) is 0 Å². The van der Waals surface area contributed by atoms with Gasteiger partial charge in [-0.15, -0.1) is 0 Å². The fourth-order valence-electron chi connectivity index (χ4n) is 2.01. The Morgan fingerprint density at radius 1 is 1.38 bits per heavy atom. The van der Waals surface area contributed by atoms with Crippen LogP contribution in [0.25, 0.3) is 0 Å². The van der Waals surface area contributed by atoms with Gasteiger partial charge in [0.15, 0.2) is 0 Å². The molecule has 1 heterocycles. The normalized spacial score (nSPS) is 19.1. The van der Waals surface area contributed by atoms with Crippen LogP contribution >= 0.6 is 12.6 Å². The lowest BCUT2D eigenvalue weighted by Crippen LogP contribution is -2.32. The molecule has 6 nitrogen and oxygen atoms in total. The first-order valence-corrected chi connectivity index (χ1v) is 7.84. The number of thiol groups is 1. The molecule has 2 amide bonds. The Balaban J connectivity index is 2.02. The number of likely N-dealkylation sites (tertiary alicyclic amines) is 1. The van der Waals surface area contributed by atoms with E-state index in [1.165, 1.54) is 18.2 Å². The van der Waals surface area contributed by atoms with E-state index in [9.17, 15) is 21.9 Å². The van der Waals surface area contributed by atoms with Gasteiger partial charge in [-0.1, -0.05) is 16.0 Å². The van der Waals surface area contributed by atoms with E-state index in [1.54, 1.807) is 6.07 Å². The predicted octanol–water partition coefficient (Wildman–Crippen LogP) is 0.880. The van der Waals surface area contributed by atoms with Crippen LogP contribution in [0.3, 0.4) is 0 Å². The van der Waals surface area contributed by atoms with Crippen LogP contribution in [0.5, 0.6) is 5.75 Å². The molecule has 0 saturated carbocycles.